The number of benzene rings is 1. The minimum atomic E-state index is -0.870. The van der Waals surface area contributed by atoms with Crippen LogP contribution in [0.4, 0.5) is 5.69 Å². The lowest BCUT2D eigenvalue weighted by Crippen LogP contribution is -2.34. The number of carboxylic acid groups (broad SMARTS) is 1. The summed E-state index contributed by atoms with van der Waals surface area (Å²) in [5, 5.41) is 20.0. The third-order valence-electron chi connectivity index (χ3n) is 3.74. The van der Waals surface area contributed by atoms with Crippen LogP contribution in [-0.2, 0) is 4.79 Å². The highest BCUT2D eigenvalue weighted by Crippen LogP contribution is 2.35. The molecule has 2 rings (SSSR count). The zero-order valence-corrected chi connectivity index (χ0v) is 11.6. The van der Waals surface area contributed by atoms with Crippen molar-refractivity contribution in [3.05, 3.63) is 39.4 Å². The molecule has 108 valence electrons. The van der Waals surface area contributed by atoms with Crippen LogP contribution in [0.5, 0.6) is 0 Å². The van der Waals surface area contributed by atoms with Gasteiger partial charge >= 0.3 is 5.97 Å². The molecule has 0 amide bonds. The summed E-state index contributed by atoms with van der Waals surface area (Å²) in [5.41, 5.74) is 1.48. The van der Waals surface area contributed by atoms with Crippen molar-refractivity contribution in [3.8, 4) is 0 Å². The van der Waals surface area contributed by atoms with Crippen LogP contribution < -0.4 is 0 Å². The Morgan fingerprint density at radius 1 is 1.55 bits per heavy atom. The number of aryl methyl sites for hydroxylation is 1. The molecule has 0 heterocycles. The number of carboxylic acids is 1. The molecule has 6 heteroatoms. The Balaban J connectivity index is 2.26. The van der Waals surface area contributed by atoms with Crippen LogP contribution in [0.2, 0.25) is 0 Å². The maximum atomic E-state index is 11.0. The van der Waals surface area contributed by atoms with Gasteiger partial charge in [-0.2, -0.15) is 0 Å². The molecule has 1 fully saturated rings. The summed E-state index contributed by atoms with van der Waals surface area (Å²) in [7, 11) is 0. The average molecular weight is 278 g/mol. The lowest BCUT2D eigenvalue weighted by molar-refractivity contribution is -0.385. The molecule has 0 saturated heterocycles. The zero-order chi connectivity index (χ0) is 14.9. The normalized spacial score (nSPS) is 16.1. The Labute approximate surface area is 117 Å². The number of aliphatic carboxylic acids is 1. The third-order valence-corrected chi connectivity index (χ3v) is 3.74. The maximum Gasteiger partial charge on any atom is 0.317 e. The van der Waals surface area contributed by atoms with E-state index in [-0.39, 0.29) is 24.3 Å². The third kappa shape index (κ3) is 3.14. The van der Waals surface area contributed by atoms with Gasteiger partial charge in [-0.15, -0.1) is 0 Å². The second-order valence-corrected chi connectivity index (χ2v) is 5.28. The number of rotatable bonds is 6. The van der Waals surface area contributed by atoms with E-state index < -0.39 is 10.9 Å². The molecule has 0 radical (unpaired) electrons. The second-order valence-electron chi connectivity index (χ2n) is 5.28. The number of nitro benzene ring substituents is 1. The van der Waals surface area contributed by atoms with E-state index in [2.05, 4.69) is 0 Å². The topological polar surface area (TPSA) is 83.7 Å². The molecule has 6 nitrogen and oxygen atoms in total. The van der Waals surface area contributed by atoms with Crippen LogP contribution in [0.15, 0.2) is 18.2 Å². The first-order chi connectivity index (χ1) is 9.40. The smallest absolute Gasteiger partial charge is 0.317 e. The predicted octanol–water partition coefficient (Wildman–Crippen LogP) is 2.51. The summed E-state index contributed by atoms with van der Waals surface area (Å²) >= 11 is 0. The Hall–Kier alpha value is -1.95. The Morgan fingerprint density at radius 2 is 2.20 bits per heavy atom. The van der Waals surface area contributed by atoms with Crippen molar-refractivity contribution in [2.24, 2.45) is 0 Å². The fourth-order valence-corrected chi connectivity index (χ4v) is 2.42. The number of nitro groups is 1. The van der Waals surface area contributed by atoms with Gasteiger partial charge in [-0.1, -0.05) is 12.1 Å². The van der Waals surface area contributed by atoms with E-state index in [1.807, 2.05) is 17.9 Å². The minimum Gasteiger partial charge on any atom is -0.480 e. The average Bonchev–Trinajstić information content (AvgIpc) is 3.19. The lowest BCUT2D eigenvalue weighted by atomic mass is 10.0. The highest BCUT2D eigenvalue weighted by atomic mass is 16.6. The van der Waals surface area contributed by atoms with Gasteiger partial charge in [0.25, 0.3) is 5.69 Å². The molecular formula is C14H18N2O4. The summed E-state index contributed by atoms with van der Waals surface area (Å²) < 4.78 is 0. The van der Waals surface area contributed by atoms with Crippen LogP contribution in [0, 0.1) is 17.0 Å². The van der Waals surface area contributed by atoms with Gasteiger partial charge in [-0.25, -0.2) is 0 Å². The fourth-order valence-electron chi connectivity index (χ4n) is 2.42. The summed E-state index contributed by atoms with van der Waals surface area (Å²) in [6.45, 7) is 3.56. The van der Waals surface area contributed by atoms with E-state index in [0.717, 1.165) is 18.4 Å². The molecule has 1 aromatic rings. The molecule has 20 heavy (non-hydrogen) atoms. The number of nitrogens with zero attached hydrogens (tertiary/aromatic N) is 2. The molecular weight excluding hydrogens is 260 g/mol. The first-order valence-corrected chi connectivity index (χ1v) is 6.62. The Morgan fingerprint density at radius 3 is 2.70 bits per heavy atom. The van der Waals surface area contributed by atoms with Crippen molar-refractivity contribution in [1.82, 2.24) is 4.90 Å². The number of carbonyl (C=O) groups is 1. The molecule has 0 bridgehead atoms. The highest BCUT2D eigenvalue weighted by molar-refractivity contribution is 5.69. The molecule has 1 aliphatic rings. The predicted molar refractivity (Wildman–Crippen MR) is 73.6 cm³/mol. The number of hydrogen-bond acceptors (Lipinski definition) is 4. The SMILES string of the molecule is Cc1ccc(C(C)N(CC(=O)O)C2CC2)cc1[N+](=O)[O-]. The first kappa shape index (κ1) is 14.5. The van der Waals surface area contributed by atoms with Crippen molar-refractivity contribution in [2.75, 3.05) is 6.54 Å². The molecule has 1 aliphatic carbocycles. The largest absolute Gasteiger partial charge is 0.480 e. The monoisotopic (exact) mass is 278 g/mol. The Bertz CT molecular complexity index is 540. The standard InChI is InChI=1S/C14H18N2O4/c1-9-3-4-11(7-13(9)16(19)20)10(2)15(8-14(17)18)12-5-6-12/h3-4,7,10,12H,5-6,8H2,1-2H3,(H,17,18). The molecule has 0 aliphatic heterocycles. The molecule has 1 N–H and O–H groups in total. The molecule has 1 atom stereocenters. The van der Waals surface area contributed by atoms with Gasteiger partial charge in [0, 0.05) is 23.7 Å². The molecule has 1 unspecified atom stereocenters. The van der Waals surface area contributed by atoms with Crippen LogP contribution >= 0.6 is 0 Å². The van der Waals surface area contributed by atoms with Crippen LogP contribution in [0.3, 0.4) is 0 Å². The molecule has 0 aromatic heterocycles. The minimum absolute atomic E-state index is 0.0342. The zero-order valence-electron chi connectivity index (χ0n) is 11.6. The van der Waals surface area contributed by atoms with Gasteiger partial charge in [0.2, 0.25) is 0 Å². The van der Waals surface area contributed by atoms with Gasteiger partial charge < -0.3 is 5.11 Å². The van der Waals surface area contributed by atoms with Gasteiger partial charge in [-0.05, 0) is 32.3 Å². The summed E-state index contributed by atoms with van der Waals surface area (Å²) in [6, 6.07) is 5.25. The maximum absolute atomic E-state index is 11.0. The van der Waals surface area contributed by atoms with Crippen molar-refractivity contribution in [2.45, 2.75) is 38.8 Å². The quantitative estimate of drug-likeness (QED) is 0.638. The van der Waals surface area contributed by atoms with E-state index in [4.69, 9.17) is 5.11 Å². The van der Waals surface area contributed by atoms with Gasteiger partial charge in [-0.3, -0.25) is 19.8 Å². The summed E-state index contributed by atoms with van der Waals surface area (Å²) in [4.78, 5) is 23.4. The summed E-state index contributed by atoms with van der Waals surface area (Å²) in [5.74, 6) is -0.870. The van der Waals surface area contributed by atoms with Crippen molar-refractivity contribution in [3.63, 3.8) is 0 Å². The highest BCUT2D eigenvalue weighted by Gasteiger charge is 2.34. The van der Waals surface area contributed by atoms with Crippen LogP contribution in [0.25, 0.3) is 0 Å². The molecule has 1 aromatic carbocycles. The van der Waals surface area contributed by atoms with Crippen molar-refractivity contribution in [1.29, 1.82) is 0 Å². The lowest BCUT2D eigenvalue weighted by Gasteiger charge is -2.27. The van der Waals surface area contributed by atoms with Crippen LogP contribution in [0.1, 0.15) is 36.9 Å². The first-order valence-electron chi connectivity index (χ1n) is 6.62. The second kappa shape index (κ2) is 5.58. The van der Waals surface area contributed by atoms with Crippen molar-refractivity contribution >= 4 is 11.7 Å². The van der Waals surface area contributed by atoms with E-state index in [1.54, 1.807) is 19.1 Å². The van der Waals surface area contributed by atoms with Gasteiger partial charge in [0.1, 0.15) is 0 Å². The van der Waals surface area contributed by atoms with E-state index in [9.17, 15) is 14.9 Å². The summed E-state index contributed by atoms with van der Waals surface area (Å²) in [6.07, 6.45) is 1.98. The molecule has 0 spiro atoms. The molecule has 1 saturated carbocycles. The van der Waals surface area contributed by atoms with Gasteiger partial charge in [0.05, 0.1) is 11.5 Å². The van der Waals surface area contributed by atoms with Gasteiger partial charge in [0.15, 0.2) is 0 Å². The van der Waals surface area contributed by atoms with E-state index in [0.29, 0.717) is 5.56 Å². The van der Waals surface area contributed by atoms with E-state index >= 15 is 0 Å². The van der Waals surface area contributed by atoms with E-state index in [1.165, 1.54) is 0 Å². The number of hydrogen-bond donors (Lipinski definition) is 1. The Kier molecular flexibility index (Phi) is 4.04. The van der Waals surface area contributed by atoms with Crippen molar-refractivity contribution < 1.29 is 14.8 Å². The fraction of sp³-hybridized carbons (Fsp3) is 0.500. The van der Waals surface area contributed by atoms with Crippen LogP contribution in [-0.4, -0.2) is 33.5 Å².